The maximum absolute atomic E-state index is 14.1. The van der Waals surface area contributed by atoms with Gasteiger partial charge in [-0.05, 0) is 80.8 Å². The van der Waals surface area contributed by atoms with Gasteiger partial charge in [-0.25, -0.2) is 8.42 Å². The van der Waals surface area contributed by atoms with E-state index in [-0.39, 0.29) is 23.4 Å². The summed E-state index contributed by atoms with van der Waals surface area (Å²) in [7, 11) is -4.14. The molecule has 1 N–H and O–H groups in total. The molecule has 3 aromatic rings. The number of rotatable bonds is 10. The monoisotopic (exact) mass is 679 g/mol. The molecule has 0 aromatic heterocycles. The van der Waals surface area contributed by atoms with Crippen molar-refractivity contribution < 1.29 is 18.0 Å². The second-order valence-corrected chi connectivity index (χ2v) is 13.8. The Bertz CT molecular complexity index is 1500. The molecule has 0 spiro atoms. The van der Waals surface area contributed by atoms with E-state index in [1.165, 1.54) is 17.0 Å². The van der Waals surface area contributed by atoms with Gasteiger partial charge in [0.2, 0.25) is 11.8 Å². The average molecular weight is 681 g/mol. The van der Waals surface area contributed by atoms with Crippen LogP contribution in [0.5, 0.6) is 0 Å². The number of nitrogens with zero attached hydrogens (tertiary/aromatic N) is 2. The zero-order chi connectivity index (χ0) is 29.7. The summed E-state index contributed by atoms with van der Waals surface area (Å²) in [5.41, 5.74) is 1.81. The molecule has 0 radical (unpaired) electrons. The molecule has 2 amide bonds. The van der Waals surface area contributed by atoms with Crippen LogP contribution in [0.1, 0.15) is 43.7 Å². The summed E-state index contributed by atoms with van der Waals surface area (Å²) in [6.45, 7) is 2.98. The molecule has 0 bridgehead atoms. The summed E-state index contributed by atoms with van der Waals surface area (Å²) >= 11 is 15.9. The Balaban J connectivity index is 1.70. The van der Waals surface area contributed by atoms with Crippen LogP contribution in [-0.2, 0) is 26.2 Å². The van der Waals surface area contributed by atoms with Crippen molar-refractivity contribution in [1.29, 1.82) is 0 Å². The first-order valence-corrected chi connectivity index (χ1v) is 16.3. The predicted molar refractivity (Wildman–Crippen MR) is 167 cm³/mol. The molecule has 0 heterocycles. The van der Waals surface area contributed by atoms with Crippen LogP contribution in [0.25, 0.3) is 0 Å². The van der Waals surface area contributed by atoms with E-state index < -0.39 is 28.5 Å². The van der Waals surface area contributed by atoms with E-state index in [9.17, 15) is 18.0 Å². The van der Waals surface area contributed by atoms with Crippen LogP contribution < -0.4 is 9.62 Å². The highest BCUT2D eigenvalue weighted by Gasteiger charge is 2.33. The lowest BCUT2D eigenvalue weighted by Gasteiger charge is -2.32. The molecule has 0 saturated heterocycles. The molecule has 1 fully saturated rings. The molecule has 0 unspecified atom stereocenters. The minimum absolute atomic E-state index is 0.00710. The van der Waals surface area contributed by atoms with E-state index in [0.29, 0.717) is 21.3 Å². The van der Waals surface area contributed by atoms with Gasteiger partial charge in [-0.1, -0.05) is 75.7 Å². The average Bonchev–Trinajstić information content (AvgIpc) is 3.44. The second kappa shape index (κ2) is 13.6. The zero-order valence-electron chi connectivity index (χ0n) is 22.8. The number of benzene rings is 3. The molecular formula is C30H32BrCl2N3O4S. The smallest absolute Gasteiger partial charge is 0.264 e. The third-order valence-corrected chi connectivity index (χ3v) is 10.1. The lowest BCUT2D eigenvalue weighted by atomic mass is 10.1. The van der Waals surface area contributed by atoms with Crippen molar-refractivity contribution in [2.24, 2.45) is 0 Å². The first-order chi connectivity index (χ1) is 19.5. The maximum Gasteiger partial charge on any atom is 0.264 e. The van der Waals surface area contributed by atoms with Crippen molar-refractivity contribution in [3.8, 4) is 0 Å². The standard InChI is InChI=1S/C30H32BrCl2N3O4S/c1-20-7-15-27(16-8-20)41(39,40)36(26-13-10-23(31)11-14-26)19-29(37)35(18-22-9-12-24(32)17-28(22)33)21(2)30(38)34-25-5-3-4-6-25/h7-17,21,25H,3-6,18-19H2,1-2H3,(H,34,38)/t21-/m1/s1. The number of anilines is 1. The summed E-state index contributed by atoms with van der Waals surface area (Å²) in [6.07, 6.45) is 3.87. The normalized spacial score (nSPS) is 14.5. The summed E-state index contributed by atoms with van der Waals surface area (Å²) in [6, 6.07) is 17.2. The third kappa shape index (κ3) is 7.83. The van der Waals surface area contributed by atoms with E-state index in [2.05, 4.69) is 21.2 Å². The van der Waals surface area contributed by atoms with Crippen molar-refractivity contribution in [2.45, 2.75) is 63.1 Å². The predicted octanol–water partition coefficient (Wildman–Crippen LogP) is 6.74. The summed E-state index contributed by atoms with van der Waals surface area (Å²) in [5, 5.41) is 3.83. The molecule has 11 heteroatoms. The molecule has 1 saturated carbocycles. The highest BCUT2D eigenvalue weighted by atomic mass is 79.9. The van der Waals surface area contributed by atoms with Gasteiger partial charge in [0.05, 0.1) is 10.6 Å². The van der Waals surface area contributed by atoms with Crippen LogP contribution in [0, 0.1) is 6.92 Å². The van der Waals surface area contributed by atoms with Crippen LogP contribution in [0.3, 0.4) is 0 Å². The Kier molecular flexibility index (Phi) is 10.4. The molecule has 218 valence electrons. The highest BCUT2D eigenvalue weighted by molar-refractivity contribution is 9.10. The van der Waals surface area contributed by atoms with Gasteiger partial charge < -0.3 is 10.2 Å². The first-order valence-electron chi connectivity index (χ1n) is 13.3. The molecule has 1 aliphatic carbocycles. The van der Waals surface area contributed by atoms with Gasteiger partial charge in [0, 0.05) is 27.1 Å². The summed E-state index contributed by atoms with van der Waals surface area (Å²) in [5.74, 6) is -0.851. The molecule has 4 rings (SSSR count). The minimum atomic E-state index is -4.14. The zero-order valence-corrected chi connectivity index (χ0v) is 26.7. The molecular weight excluding hydrogens is 649 g/mol. The first kappa shape index (κ1) is 31.3. The van der Waals surface area contributed by atoms with Crippen molar-refractivity contribution in [2.75, 3.05) is 10.8 Å². The number of hydrogen-bond donors (Lipinski definition) is 1. The van der Waals surface area contributed by atoms with Crippen LogP contribution in [0.4, 0.5) is 5.69 Å². The van der Waals surface area contributed by atoms with E-state index in [4.69, 9.17) is 23.2 Å². The fourth-order valence-corrected chi connectivity index (χ4v) is 6.93. The summed E-state index contributed by atoms with van der Waals surface area (Å²) < 4.78 is 29.6. The molecule has 3 aromatic carbocycles. The Morgan fingerprint density at radius 1 is 1.00 bits per heavy atom. The number of carbonyl (C=O) groups excluding carboxylic acids is 2. The quantitative estimate of drug-likeness (QED) is 0.257. The number of hydrogen-bond acceptors (Lipinski definition) is 4. The maximum atomic E-state index is 14.1. The number of aryl methyl sites for hydroxylation is 1. The number of amides is 2. The Labute approximate surface area is 260 Å². The van der Waals surface area contributed by atoms with Gasteiger partial charge in [0.1, 0.15) is 12.6 Å². The van der Waals surface area contributed by atoms with Crippen LogP contribution in [0.2, 0.25) is 10.0 Å². The fourth-order valence-electron chi connectivity index (χ4n) is 4.78. The van der Waals surface area contributed by atoms with Crippen LogP contribution >= 0.6 is 39.1 Å². The van der Waals surface area contributed by atoms with Gasteiger partial charge in [-0.2, -0.15) is 0 Å². The molecule has 0 aliphatic heterocycles. The number of nitrogens with one attached hydrogen (secondary N) is 1. The van der Waals surface area contributed by atoms with Gasteiger partial charge in [0.15, 0.2) is 0 Å². The number of carbonyl (C=O) groups is 2. The van der Waals surface area contributed by atoms with Crippen LogP contribution in [0.15, 0.2) is 76.1 Å². The topological polar surface area (TPSA) is 86.8 Å². The molecule has 1 aliphatic rings. The molecule has 1 atom stereocenters. The van der Waals surface area contributed by atoms with Crippen molar-refractivity contribution in [1.82, 2.24) is 10.2 Å². The lowest BCUT2D eigenvalue weighted by molar-refractivity contribution is -0.139. The second-order valence-electron chi connectivity index (χ2n) is 10.2. The minimum Gasteiger partial charge on any atom is -0.352 e. The number of sulfonamides is 1. The Morgan fingerprint density at radius 2 is 1.63 bits per heavy atom. The van der Waals surface area contributed by atoms with E-state index in [0.717, 1.165) is 40.0 Å². The van der Waals surface area contributed by atoms with Gasteiger partial charge in [-0.3, -0.25) is 13.9 Å². The number of halogens is 3. The third-order valence-electron chi connectivity index (χ3n) is 7.23. The van der Waals surface area contributed by atoms with Crippen molar-refractivity contribution in [3.05, 3.63) is 92.4 Å². The largest absolute Gasteiger partial charge is 0.352 e. The Hall–Kier alpha value is -2.59. The highest BCUT2D eigenvalue weighted by Crippen LogP contribution is 2.28. The van der Waals surface area contributed by atoms with Gasteiger partial charge in [-0.15, -0.1) is 0 Å². The van der Waals surface area contributed by atoms with Gasteiger partial charge in [0.25, 0.3) is 10.0 Å². The van der Waals surface area contributed by atoms with Crippen LogP contribution in [-0.4, -0.2) is 43.8 Å². The summed E-state index contributed by atoms with van der Waals surface area (Å²) in [4.78, 5) is 28.8. The van der Waals surface area contributed by atoms with E-state index in [1.54, 1.807) is 61.5 Å². The molecule has 7 nitrogen and oxygen atoms in total. The van der Waals surface area contributed by atoms with Gasteiger partial charge >= 0.3 is 0 Å². The molecule has 41 heavy (non-hydrogen) atoms. The lowest BCUT2D eigenvalue weighted by Crippen LogP contribution is -2.52. The Morgan fingerprint density at radius 3 is 2.24 bits per heavy atom. The van der Waals surface area contributed by atoms with E-state index >= 15 is 0 Å². The van der Waals surface area contributed by atoms with Crippen molar-refractivity contribution in [3.63, 3.8) is 0 Å². The van der Waals surface area contributed by atoms with Crippen molar-refractivity contribution >= 4 is 66.7 Å². The van der Waals surface area contributed by atoms with E-state index in [1.807, 2.05) is 6.92 Å². The SMILES string of the molecule is Cc1ccc(S(=O)(=O)N(CC(=O)N(Cc2ccc(Cl)cc2Cl)[C@H](C)C(=O)NC2CCCC2)c2ccc(Br)cc2)cc1. The fraction of sp³-hybridized carbons (Fsp3) is 0.333.